The van der Waals surface area contributed by atoms with Gasteiger partial charge in [0, 0.05) is 13.1 Å². The van der Waals surface area contributed by atoms with E-state index in [9.17, 15) is 9.59 Å². The summed E-state index contributed by atoms with van der Waals surface area (Å²) in [5.41, 5.74) is 2.18. The highest BCUT2D eigenvalue weighted by atomic mass is 32.2. The minimum Gasteiger partial charge on any atom is -0.493 e. The zero-order valence-electron chi connectivity index (χ0n) is 18.8. The van der Waals surface area contributed by atoms with Crippen molar-refractivity contribution in [1.82, 2.24) is 10.2 Å². The number of rotatable bonds is 10. The molecule has 0 bridgehead atoms. The van der Waals surface area contributed by atoms with E-state index in [1.165, 1.54) is 0 Å². The Hall–Kier alpha value is -2.87. The lowest BCUT2D eigenvalue weighted by molar-refractivity contribution is -0.137. The molecule has 8 heteroatoms. The minimum atomic E-state index is -0.587. The molecule has 0 fully saturated rings. The quantitative estimate of drug-likeness (QED) is 0.590. The predicted octanol–water partition coefficient (Wildman–Crippen LogP) is 2.91. The molecule has 1 aliphatic heterocycles. The molecule has 0 radical (unpaired) electrons. The smallest absolute Gasteiger partial charge is 0.258 e. The molecule has 32 heavy (non-hydrogen) atoms. The summed E-state index contributed by atoms with van der Waals surface area (Å²) in [5, 5.41) is 2.87. The summed E-state index contributed by atoms with van der Waals surface area (Å²) in [6.45, 7) is 0.932. The molecule has 7 nitrogen and oxygen atoms in total. The molecule has 1 unspecified atom stereocenters. The van der Waals surface area contributed by atoms with Gasteiger partial charge in [0.1, 0.15) is 11.8 Å². The second kappa shape index (κ2) is 11.7. The van der Waals surface area contributed by atoms with Crippen LogP contribution in [0.1, 0.15) is 17.5 Å². The van der Waals surface area contributed by atoms with Crippen molar-refractivity contribution in [3.63, 3.8) is 0 Å². The Labute approximate surface area is 193 Å². The van der Waals surface area contributed by atoms with Gasteiger partial charge in [-0.2, -0.15) is 11.8 Å². The number of fused-ring (bicyclic) bond motifs is 1. The van der Waals surface area contributed by atoms with Gasteiger partial charge in [-0.25, -0.2) is 0 Å². The molecule has 1 aliphatic rings. The van der Waals surface area contributed by atoms with Gasteiger partial charge in [0.2, 0.25) is 5.91 Å². The van der Waals surface area contributed by atoms with Crippen molar-refractivity contribution in [2.75, 3.05) is 39.4 Å². The van der Waals surface area contributed by atoms with Crippen LogP contribution < -0.4 is 19.5 Å². The molecule has 3 rings (SSSR count). The molecule has 1 heterocycles. The van der Waals surface area contributed by atoms with E-state index in [0.717, 1.165) is 23.3 Å². The van der Waals surface area contributed by atoms with Gasteiger partial charge in [-0.3, -0.25) is 9.59 Å². The van der Waals surface area contributed by atoms with Gasteiger partial charge in [0.25, 0.3) is 5.91 Å². The van der Waals surface area contributed by atoms with Crippen LogP contribution in [-0.4, -0.2) is 62.1 Å². The average Bonchev–Trinajstić information content (AvgIpc) is 2.84. The first-order valence-corrected chi connectivity index (χ1v) is 11.9. The summed E-state index contributed by atoms with van der Waals surface area (Å²) in [5.74, 6) is 2.34. The molecule has 0 aliphatic carbocycles. The fourth-order valence-electron chi connectivity index (χ4n) is 3.69. The first-order chi connectivity index (χ1) is 15.5. The van der Waals surface area contributed by atoms with Crippen molar-refractivity contribution in [1.29, 1.82) is 0 Å². The first-order valence-electron chi connectivity index (χ1n) is 10.5. The van der Waals surface area contributed by atoms with E-state index in [1.807, 2.05) is 36.6 Å². The number of nitrogens with one attached hydrogen (secondary N) is 1. The Bertz CT molecular complexity index is 922. The Morgan fingerprint density at radius 2 is 1.78 bits per heavy atom. The zero-order chi connectivity index (χ0) is 22.9. The molecule has 2 amide bonds. The number of para-hydroxylation sites is 1. The van der Waals surface area contributed by atoms with Gasteiger partial charge < -0.3 is 24.4 Å². The Morgan fingerprint density at radius 1 is 1.09 bits per heavy atom. The molecule has 1 N–H and O–H groups in total. The highest BCUT2D eigenvalue weighted by Crippen LogP contribution is 2.33. The van der Waals surface area contributed by atoms with E-state index >= 15 is 0 Å². The van der Waals surface area contributed by atoms with Crippen LogP contribution in [0, 0.1) is 0 Å². The number of nitrogens with zero attached hydrogens (tertiary/aromatic N) is 1. The van der Waals surface area contributed by atoms with Gasteiger partial charge in [-0.1, -0.05) is 18.2 Å². The number of methoxy groups -OCH3 is 2. The highest BCUT2D eigenvalue weighted by Gasteiger charge is 2.29. The minimum absolute atomic E-state index is 0.0763. The number of ether oxygens (including phenoxy) is 3. The Morgan fingerprint density at radius 3 is 2.44 bits per heavy atom. The zero-order valence-corrected chi connectivity index (χ0v) is 19.6. The summed E-state index contributed by atoms with van der Waals surface area (Å²) in [6.07, 6.45) is 3.27. The van der Waals surface area contributed by atoms with E-state index in [1.54, 1.807) is 43.0 Å². The van der Waals surface area contributed by atoms with Crippen molar-refractivity contribution < 1.29 is 23.8 Å². The second-order valence-electron chi connectivity index (χ2n) is 7.49. The van der Waals surface area contributed by atoms with Crippen LogP contribution in [0.3, 0.4) is 0 Å². The third-order valence-electron chi connectivity index (χ3n) is 5.39. The molecule has 0 saturated carbocycles. The SMILES string of the molecule is COc1cc2c(cc1OC)CN(C(=O)C(CCSC)NC(=O)COc1ccccc1)CC2. The summed E-state index contributed by atoms with van der Waals surface area (Å²) in [4.78, 5) is 27.6. The van der Waals surface area contributed by atoms with E-state index < -0.39 is 6.04 Å². The van der Waals surface area contributed by atoms with Crippen molar-refractivity contribution in [2.24, 2.45) is 0 Å². The van der Waals surface area contributed by atoms with Crippen LogP contribution in [0.5, 0.6) is 17.2 Å². The number of hydrogen-bond donors (Lipinski definition) is 1. The molecule has 0 saturated heterocycles. The van der Waals surface area contributed by atoms with Crippen molar-refractivity contribution in [3.8, 4) is 17.2 Å². The normalized spacial score (nSPS) is 13.7. The first kappa shape index (κ1) is 23.8. The molecule has 0 aromatic heterocycles. The molecular weight excluding hydrogens is 428 g/mol. The van der Waals surface area contributed by atoms with Gasteiger partial charge in [-0.05, 0) is 60.2 Å². The number of carbonyl (C=O) groups excluding carboxylic acids is 2. The Balaban J connectivity index is 1.65. The Kier molecular flexibility index (Phi) is 8.67. The fraction of sp³-hybridized carbons (Fsp3) is 0.417. The summed E-state index contributed by atoms with van der Waals surface area (Å²) in [6, 6.07) is 12.5. The van der Waals surface area contributed by atoms with Gasteiger partial charge in [0.05, 0.1) is 14.2 Å². The monoisotopic (exact) mass is 458 g/mol. The summed E-state index contributed by atoms with van der Waals surface area (Å²) >= 11 is 1.65. The lowest BCUT2D eigenvalue weighted by Crippen LogP contribution is -2.51. The standard InChI is InChI=1S/C24H30N2O5S/c1-29-21-13-17-9-11-26(15-18(17)14-22(21)30-2)24(28)20(10-12-32-3)25-23(27)16-31-19-7-5-4-6-8-19/h4-8,13-14,20H,9-12,15-16H2,1-3H3,(H,25,27). The molecule has 0 spiro atoms. The lowest BCUT2D eigenvalue weighted by atomic mass is 9.98. The second-order valence-corrected chi connectivity index (χ2v) is 8.47. The summed E-state index contributed by atoms with van der Waals surface area (Å²) < 4.78 is 16.3. The van der Waals surface area contributed by atoms with Gasteiger partial charge >= 0.3 is 0 Å². The summed E-state index contributed by atoms with van der Waals surface area (Å²) in [7, 11) is 3.21. The van der Waals surface area contributed by atoms with Crippen LogP contribution in [0.4, 0.5) is 0 Å². The van der Waals surface area contributed by atoms with Crippen LogP contribution in [0.2, 0.25) is 0 Å². The van der Waals surface area contributed by atoms with Crippen LogP contribution >= 0.6 is 11.8 Å². The van der Waals surface area contributed by atoms with Crippen molar-refractivity contribution >= 4 is 23.6 Å². The van der Waals surface area contributed by atoms with Gasteiger partial charge in [0.15, 0.2) is 18.1 Å². The van der Waals surface area contributed by atoms with E-state index in [4.69, 9.17) is 14.2 Å². The maximum absolute atomic E-state index is 13.3. The number of amides is 2. The third kappa shape index (κ3) is 6.09. The maximum atomic E-state index is 13.3. The van der Waals surface area contributed by atoms with E-state index in [0.29, 0.717) is 36.8 Å². The lowest BCUT2D eigenvalue weighted by Gasteiger charge is -2.32. The molecule has 172 valence electrons. The molecule has 2 aromatic rings. The number of carbonyl (C=O) groups is 2. The largest absolute Gasteiger partial charge is 0.493 e. The predicted molar refractivity (Wildman–Crippen MR) is 126 cm³/mol. The van der Waals surface area contributed by atoms with Crippen molar-refractivity contribution in [2.45, 2.75) is 25.4 Å². The van der Waals surface area contributed by atoms with Gasteiger partial charge in [-0.15, -0.1) is 0 Å². The fourth-order valence-corrected chi connectivity index (χ4v) is 4.16. The topological polar surface area (TPSA) is 77.1 Å². The number of benzene rings is 2. The molecular formula is C24H30N2O5S. The average molecular weight is 459 g/mol. The van der Waals surface area contributed by atoms with Crippen molar-refractivity contribution in [3.05, 3.63) is 53.6 Å². The number of thioether (sulfide) groups is 1. The third-order valence-corrected chi connectivity index (χ3v) is 6.03. The molecule has 1 atom stereocenters. The maximum Gasteiger partial charge on any atom is 0.258 e. The van der Waals surface area contributed by atoms with E-state index in [2.05, 4.69) is 5.32 Å². The number of hydrogen-bond acceptors (Lipinski definition) is 6. The van der Waals surface area contributed by atoms with Crippen LogP contribution in [0.25, 0.3) is 0 Å². The van der Waals surface area contributed by atoms with Crippen LogP contribution in [0.15, 0.2) is 42.5 Å². The highest BCUT2D eigenvalue weighted by molar-refractivity contribution is 7.98. The van der Waals surface area contributed by atoms with E-state index in [-0.39, 0.29) is 18.4 Å². The van der Waals surface area contributed by atoms with Crippen LogP contribution in [-0.2, 0) is 22.6 Å². The molecule has 2 aromatic carbocycles.